The summed E-state index contributed by atoms with van der Waals surface area (Å²) in [5.74, 6) is 0. The van der Waals surface area contributed by atoms with Gasteiger partial charge in [-0.1, -0.05) is 18.2 Å². The molecule has 18 heavy (non-hydrogen) atoms. The SMILES string of the molecule is CS(=O)(=O)c1cccc(-c2ccc(CN)cn2)c1. The predicted octanol–water partition coefficient (Wildman–Crippen LogP) is 1.61. The minimum absolute atomic E-state index is 0.296. The summed E-state index contributed by atoms with van der Waals surface area (Å²) in [6.07, 6.45) is 2.89. The van der Waals surface area contributed by atoms with Crippen molar-refractivity contribution in [1.82, 2.24) is 4.98 Å². The van der Waals surface area contributed by atoms with Gasteiger partial charge in [0.05, 0.1) is 10.6 Å². The molecule has 0 bridgehead atoms. The predicted molar refractivity (Wildman–Crippen MR) is 70.7 cm³/mol. The van der Waals surface area contributed by atoms with Gasteiger partial charge in [0.2, 0.25) is 0 Å². The first-order valence-electron chi connectivity index (χ1n) is 5.46. The summed E-state index contributed by atoms with van der Waals surface area (Å²) in [6.45, 7) is 0.441. The molecule has 2 aromatic rings. The number of nitrogens with two attached hydrogens (primary N) is 1. The Morgan fingerprint density at radius 1 is 1.22 bits per heavy atom. The molecule has 4 nitrogen and oxygen atoms in total. The van der Waals surface area contributed by atoms with Gasteiger partial charge in [-0.2, -0.15) is 0 Å². The quantitative estimate of drug-likeness (QED) is 0.912. The minimum atomic E-state index is -3.19. The second kappa shape index (κ2) is 4.88. The fourth-order valence-corrected chi connectivity index (χ4v) is 2.27. The van der Waals surface area contributed by atoms with Gasteiger partial charge in [0, 0.05) is 24.6 Å². The Kier molecular flexibility index (Phi) is 3.45. The zero-order valence-corrected chi connectivity index (χ0v) is 10.8. The third-order valence-electron chi connectivity index (χ3n) is 2.62. The number of aromatic nitrogens is 1. The lowest BCUT2D eigenvalue weighted by Gasteiger charge is -2.04. The van der Waals surface area contributed by atoms with Crippen LogP contribution in [-0.4, -0.2) is 19.7 Å². The standard InChI is InChI=1S/C13H14N2O2S/c1-18(16,17)12-4-2-3-11(7-12)13-6-5-10(8-14)9-15-13/h2-7,9H,8,14H2,1H3. The highest BCUT2D eigenvalue weighted by atomic mass is 32.2. The molecule has 0 fully saturated rings. The van der Waals surface area contributed by atoms with E-state index in [1.165, 1.54) is 6.26 Å². The Labute approximate surface area is 106 Å². The van der Waals surface area contributed by atoms with E-state index in [2.05, 4.69) is 4.98 Å². The summed E-state index contributed by atoms with van der Waals surface area (Å²) in [7, 11) is -3.19. The maximum atomic E-state index is 11.5. The first kappa shape index (κ1) is 12.7. The van der Waals surface area contributed by atoms with E-state index in [-0.39, 0.29) is 0 Å². The van der Waals surface area contributed by atoms with Crippen molar-refractivity contribution in [3.05, 3.63) is 48.2 Å². The molecule has 0 saturated carbocycles. The van der Waals surface area contributed by atoms with Gasteiger partial charge in [-0.3, -0.25) is 4.98 Å². The molecule has 2 rings (SSSR count). The van der Waals surface area contributed by atoms with E-state index in [4.69, 9.17) is 5.73 Å². The van der Waals surface area contributed by atoms with E-state index in [0.717, 1.165) is 16.8 Å². The number of sulfone groups is 1. The molecule has 5 heteroatoms. The van der Waals surface area contributed by atoms with E-state index in [9.17, 15) is 8.42 Å². The Balaban J connectivity index is 2.44. The summed E-state index contributed by atoms with van der Waals surface area (Å²) < 4.78 is 23.0. The van der Waals surface area contributed by atoms with Gasteiger partial charge in [0.15, 0.2) is 9.84 Å². The average molecular weight is 262 g/mol. The Hall–Kier alpha value is -1.72. The largest absolute Gasteiger partial charge is 0.326 e. The van der Waals surface area contributed by atoms with Gasteiger partial charge in [-0.05, 0) is 23.8 Å². The highest BCUT2D eigenvalue weighted by Crippen LogP contribution is 2.20. The van der Waals surface area contributed by atoms with E-state index < -0.39 is 9.84 Å². The second-order valence-corrected chi connectivity index (χ2v) is 6.07. The van der Waals surface area contributed by atoms with Gasteiger partial charge in [-0.25, -0.2) is 8.42 Å². The van der Waals surface area contributed by atoms with Gasteiger partial charge in [0.1, 0.15) is 0 Å². The molecule has 2 N–H and O–H groups in total. The van der Waals surface area contributed by atoms with Crippen LogP contribution in [0.3, 0.4) is 0 Å². The number of nitrogens with zero attached hydrogens (tertiary/aromatic N) is 1. The summed E-state index contributed by atoms with van der Waals surface area (Å²) in [5, 5.41) is 0. The van der Waals surface area contributed by atoms with Crippen LogP contribution in [0.2, 0.25) is 0 Å². The molecule has 0 unspecified atom stereocenters. The second-order valence-electron chi connectivity index (χ2n) is 4.06. The normalized spacial score (nSPS) is 11.4. The fraction of sp³-hybridized carbons (Fsp3) is 0.154. The molecule has 0 radical (unpaired) electrons. The first-order chi connectivity index (χ1) is 8.50. The number of rotatable bonds is 3. The molecule has 1 heterocycles. The van der Waals surface area contributed by atoms with E-state index in [1.54, 1.807) is 24.4 Å². The number of hydrogen-bond donors (Lipinski definition) is 1. The highest BCUT2D eigenvalue weighted by molar-refractivity contribution is 7.90. The van der Waals surface area contributed by atoms with Gasteiger partial charge >= 0.3 is 0 Å². The Morgan fingerprint density at radius 2 is 2.00 bits per heavy atom. The van der Waals surface area contributed by atoms with Crippen LogP contribution < -0.4 is 5.73 Å². The van der Waals surface area contributed by atoms with E-state index in [0.29, 0.717) is 11.4 Å². The lowest BCUT2D eigenvalue weighted by Crippen LogP contribution is -1.98. The van der Waals surface area contributed by atoms with E-state index >= 15 is 0 Å². The summed E-state index contributed by atoms with van der Waals surface area (Å²) in [5.41, 5.74) is 7.96. The average Bonchev–Trinajstić information content (AvgIpc) is 2.38. The number of benzene rings is 1. The van der Waals surface area contributed by atoms with Crippen molar-refractivity contribution in [3.8, 4) is 11.3 Å². The van der Waals surface area contributed by atoms with Gasteiger partial charge in [-0.15, -0.1) is 0 Å². The molecular formula is C13H14N2O2S. The molecule has 1 aromatic carbocycles. The van der Waals surface area contributed by atoms with Gasteiger partial charge < -0.3 is 5.73 Å². The van der Waals surface area contributed by atoms with Crippen LogP contribution in [0.25, 0.3) is 11.3 Å². The summed E-state index contributed by atoms with van der Waals surface area (Å²) in [6, 6.07) is 10.5. The molecule has 0 aliphatic carbocycles. The molecule has 1 aromatic heterocycles. The fourth-order valence-electron chi connectivity index (χ4n) is 1.60. The maximum Gasteiger partial charge on any atom is 0.175 e. The monoisotopic (exact) mass is 262 g/mol. The van der Waals surface area contributed by atoms with Crippen molar-refractivity contribution >= 4 is 9.84 Å². The Morgan fingerprint density at radius 3 is 2.56 bits per heavy atom. The van der Waals surface area contributed by atoms with E-state index in [1.807, 2.05) is 18.2 Å². The number of hydrogen-bond acceptors (Lipinski definition) is 4. The summed E-state index contributed by atoms with van der Waals surface area (Å²) in [4.78, 5) is 4.56. The molecule has 94 valence electrons. The van der Waals surface area contributed by atoms with Gasteiger partial charge in [0.25, 0.3) is 0 Å². The zero-order chi connectivity index (χ0) is 13.2. The van der Waals surface area contributed by atoms with Crippen molar-refractivity contribution in [2.75, 3.05) is 6.26 Å². The maximum absolute atomic E-state index is 11.5. The molecule has 0 aliphatic rings. The molecule has 0 spiro atoms. The van der Waals surface area contributed by atoms with Crippen LogP contribution >= 0.6 is 0 Å². The molecule has 0 saturated heterocycles. The van der Waals surface area contributed by atoms with Crippen LogP contribution in [0.5, 0.6) is 0 Å². The van der Waals surface area contributed by atoms with Crippen molar-refractivity contribution in [2.45, 2.75) is 11.4 Å². The lowest BCUT2D eigenvalue weighted by atomic mass is 10.1. The van der Waals surface area contributed by atoms with Crippen molar-refractivity contribution in [2.24, 2.45) is 5.73 Å². The van der Waals surface area contributed by atoms with Crippen molar-refractivity contribution < 1.29 is 8.42 Å². The van der Waals surface area contributed by atoms with Crippen molar-refractivity contribution in [1.29, 1.82) is 0 Å². The molecule has 0 aliphatic heterocycles. The third-order valence-corrected chi connectivity index (χ3v) is 3.73. The highest BCUT2D eigenvalue weighted by Gasteiger charge is 2.08. The number of pyridine rings is 1. The minimum Gasteiger partial charge on any atom is -0.326 e. The van der Waals surface area contributed by atoms with Crippen LogP contribution in [0.1, 0.15) is 5.56 Å². The zero-order valence-electron chi connectivity index (χ0n) is 10.00. The smallest absolute Gasteiger partial charge is 0.175 e. The molecule has 0 amide bonds. The van der Waals surface area contributed by atoms with Crippen LogP contribution in [0, 0.1) is 0 Å². The van der Waals surface area contributed by atoms with Crippen molar-refractivity contribution in [3.63, 3.8) is 0 Å². The summed E-state index contributed by atoms with van der Waals surface area (Å²) >= 11 is 0. The van der Waals surface area contributed by atoms with Crippen LogP contribution in [0.4, 0.5) is 0 Å². The third kappa shape index (κ3) is 2.75. The molecular weight excluding hydrogens is 248 g/mol. The Bertz CT molecular complexity index is 649. The lowest BCUT2D eigenvalue weighted by molar-refractivity contribution is 0.602. The molecule has 0 atom stereocenters. The van der Waals surface area contributed by atoms with Crippen LogP contribution in [0.15, 0.2) is 47.5 Å². The van der Waals surface area contributed by atoms with Crippen LogP contribution in [-0.2, 0) is 16.4 Å². The first-order valence-corrected chi connectivity index (χ1v) is 7.35. The topological polar surface area (TPSA) is 73.0 Å².